The van der Waals surface area contributed by atoms with Gasteiger partial charge < -0.3 is 9.42 Å². The van der Waals surface area contributed by atoms with E-state index < -0.39 is 10.8 Å². The zero-order chi connectivity index (χ0) is 16.4. The van der Waals surface area contributed by atoms with Crippen molar-refractivity contribution in [3.05, 3.63) is 42.0 Å². The first-order valence-electron chi connectivity index (χ1n) is 8.79. The lowest BCUT2D eigenvalue weighted by Gasteiger charge is -2.30. The fourth-order valence-corrected chi connectivity index (χ4v) is 4.40. The van der Waals surface area contributed by atoms with Gasteiger partial charge in [-0.2, -0.15) is 4.98 Å². The molecule has 6 heteroatoms. The second kappa shape index (κ2) is 7.15. The molecule has 0 unspecified atom stereocenters. The number of likely N-dealkylation sites (tertiary alicyclic amines) is 1. The normalized spacial score (nSPS) is 23.2. The van der Waals surface area contributed by atoms with Gasteiger partial charge in [0.2, 0.25) is 5.89 Å². The third kappa shape index (κ3) is 3.75. The van der Waals surface area contributed by atoms with Crippen LogP contribution < -0.4 is 0 Å². The summed E-state index contributed by atoms with van der Waals surface area (Å²) in [6, 6.07) is 9.72. The summed E-state index contributed by atoms with van der Waals surface area (Å²) in [6.07, 6.45) is 4.62. The molecule has 2 fully saturated rings. The van der Waals surface area contributed by atoms with Crippen LogP contribution in [0.2, 0.25) is 0 Å². The van der Waals surface area contributed by atoms with Gasteiger partial charge in [0, 0.05) is 35.6 Å². The van der Waals surface area contributed by atoms with Crippen LogP contribution in [0.3, 0.4) is 0 Å². The van der Waals surface area contributed by atoms with Crippen molar-refractivity contribution in [2.24, 2.45) is 0 Å². The van der Waals surface area contributed by atoms with Crippen molar-refractivity contribution in [3.8, 4) is 0 Å². The molecule has 1 saturated carbocycles. The third-order valence-electron chi connectivity index (χ3n) is 4.85. The third-order valence-corrected chi connectivity index (χ3v) is 6.21. The van der Waals surface area contributed by atoms with E-state index in [2.05, 4.69) is 15.0 Å². The first-order valence-corrected chi connectivity index (χ1v) is 10.1. The number of aromatic nitrogens is 2. The Morgan fingerprint density at radius 2 is 2.00 bits per heavy atom. The molecule has 0 N–H and O–H groups in total. The Kier molecular flexibility index (Phi) is 4.76. The van der Waals surface area contributed by atoms with Crippen LogP contribution in [0, 0.1) is 0 Å². The van der Waals surface area contributed by atoms with Crippen LogP contribution in [0.15, 0.2) is 39.8 Å². The standard InChI is InChI=1S/C18H23N3O2S/c22-24(16-6-2-1-3-7-16)12-11-21-10-4-5-15(13-21)17-19-18(23-20-17)14-8-9-14/h1-3,6-7,14-15H,4-5,8-13H2/t15-,24+/m0/s1. The summed E-state index contributed by atoms with van der Waals surface area (Å²) in [6.45, 7) is 2.86. The minimum atomic E-state index is -0.926. The van der Waals surface area contributed by atoms with Gasteiger partial charge in [0.05, 0.1) is 10.8 Å². The lowest BCUT2D eigenvalue weighted by molar-refractivity contribution is 0.212. The number of nitrogens with zero attached hydrogens (tertiary/aromatic N) is 3. The van der Waals surface area contributed by atoms with Gasteiger partial charge in [-0.3, -0.25) is 4.21 Å². The molecule has 2 atom stereocenters. The summed E-state index contributed by atoms with van der Waals surface area (Å²) in [5, 5.41) is 4.21. The van der Waals surface area contributed by atoms with E-state index >= 15 is 0 Å². The predicted octanol–water partition coefficient (Wildman–Crippen LogP) is 2.93. The Morgan fingerprint density at radius 3 is 2.79 bits per heavy atom. The van der Waals surface area contributed by atoms with Crippen LogP contribution in [-0.2, 0) is 10.8 Å². The van der Waals surface area contributed by atoms with Crippen molar-refractivity contribution in [1.29, 1.82) is 0 Å². The van der Waals surface area contributed by atoms with Gasteiger partial charge in [0.25, 0.3) is 0 Å². The lowest BCUT2D eigenvalue weighted by atomic mass is 9.97. The summed E-state index contributed by atoms with van der Waals surface area (Å²) in [4.78, 5) is 7.91. The molecule has 4 rings (SSSR count). The molecule has 0 bridgehead atoms. The number of piperidine rings is 1. The van der Waals surface area contributed by atoms with Crippen molar-refractivity contribution in [3.63, 3.8) is 0 Å². The lowest BCUT2D eigenvalue weighted by Crippen LogP contribution is -2.37. The molecule has 1 aliphatic heterocycles. The van der Waals surface area contributed by atoms with Crippen molar-refractivity contribution in [2.75, 3.05) is 25.4 Å². The zero-order valence-electron chi connectivity index (χ0n) is 13.8. The van der Waals surface area contributed by atoms with Crippen LogP contribution in [0.5, 0.6) is 0 Å². The molecule has 1 aromatic carbocycles. The molecule has 0 spiro atoms. The first kappa shape index (κ1) is 16.0. The maximum absolute atomic E-state index is 12.4. The zero-order valence-corrected chi connectivity index (χ0v) is 14.6. The Hall–Kier alpha value is -1.53. The summed E-state index contributed by atoms with van der Waals surface area (Å²) < 4.78 is 17.8. The Morgan fingerprint density at radius 1 is 1.17 bits per heavy atom. The highest BCUT2D eigenvalue weighted by Crippen LogP contribution is 2.39. The molecule has 2 aliphatic rings. The van der Waals surface area contributed by atoms with Crippen LogP contribution in [0.25, 0.3) is 0 Å². The number of benzene rings is 1. The molecule has 0 amide bonds. The molecular weight excluding hydrogens is 322 g/mol. The second-order valence-corrected chi connectivity index (χ2v) is 8.34. The molecule has 0 radical (unpaired) electrons. The van der Waals surface area contributed by atoms with E-state index in [1.165, 1.54) is 12.8 Å². The van der Waals surface area contributed by atoms with E-state index in [0.29, 0.717) is 17.6 Å². The van der Waals surface area contributed by atoms with Gasteiger partial charge in [-0.05, 0) is 44.4 Å². The molecule has 24 heavy (non-hydrogen) atoms. The Labute approximate surface area is 144 Å². The Bertz CT molecular complexity index is 699. The average molecular weight is 345 g/mol. The maximum Gasteiger partial charge on any atom is 0.229 e. The molecule has 1 saturated heterocycles. The average Bonchev–Trinajstić information content (AvgIpc) is 3.37. The van der Waals surface area contributed by atoms with Crippen molar-refractivity contribution >= 4 is 10.8 Å². The predicted molar refractivity (Wildman–Crippen MR) is 92.4 cm³/mol. The monoisotopic (exact) mass is 345 g/mol. The van der Waals surface area contributed by atoms with E-state index in [4.69, 9.17) is 4.52 Å². The van der Waals surface area contributed by atoms with E-state index in [1.807, 2.05) is 30.3 Å². The van der Waals surface area contributed by atoms with Gasteiger partial charge in [0.15, 0.2) is 5.82 Å². The van der Waals surface area contributed by atoms with Gasteiger partial charge in [-0.1, -0.05) is 23.4 Å². The number of rotatable bonds is 6. The largest absolute Gasteiger partial charge is 0.339 e. The second-order valence-electron chi connectivity index (χ2n) is 6.77. The molecule has 1 aliphatic carbocycles. The van der Waals surface area contributed by atoms with Crippen LogP contribution in [0.1, 0.15) is 49.2 Å². The molecule has 2 aromatic rings. The SMILES string of the molecule is O=[S@](CCN1CCC[C@H](c2noc(C3CC3)n2)C1)c1ccccc1. The quantitative estimate of drug-likeness (QED) is 0.806. The van der Waals surface area contributed by atoms with E-state index in [1.54, 1.807) is 0 Å². The highest BCUT2D eigenvalue weighted by atomic mass is 32.2. The summed E-state index contributed by atoms with van der Waals surface area (Å²) >= 11 is 0. The van der Waals surface area contributed by atoms with E-state index in [-0.39, 0.29) is 0 Å². The fraction of sp³-hybridized carbons (Fsp3) is 0.556. The number of hydrogen-bond donors (Lipinski definition) is 0. The van der Waals surface area contributed by atoms with Gasteiger partial charge in [0.1, 0.15) is 0 Å². The van der Waals surface area contributed by atoms with Crippen molar-refractivity contribution in [1.82, 2.24) is 15.0 Å². The van der Waals surface area contributed by atoms with Crippen LogP contribution in [-0.4, -0.2) is 44.6 Å². The fourth-order valence-electron chi connectivity index (χ4n) is 3.28. The maximum atomic E-state index is 12.4. The van der Waals surface area contributed by atoms with E-state index in [9.17, 15) is 4.21 Å². The molecule has 1 aromatic heterocycles. The molecule has 128 valence electrons. The van der Waals surface area contributed by atoms with E-state index in [0.717, 1.165) is 49.1 Å². The Balaban J connectivity index is 1.32. The highest BCUT2D eigenvalue weighted by Gasteiger charge is 2.32. The number of hydrogen-bond acceptors (Lipinski definition) is 5. The van der Waals surface area contributed by atoms with Crippen LogP contribution in [0.4, 0.5) is 0 Å². The van der Waals surface area contributed by atoms with Gasteiger partial charge in [-0.15, -0.1) is 0 Å². The smallest absolute Gasteiger partial charge is 0.229 e. The molecule has 2 heterocycles. The van der Waals surface area contributed by atoms with Crippen LogP contribution >= 0.6 is 0 Å². The first-order chi connectivity index (χ1) is 11.8. The summed E-state index contributed by atoms with van der Waals surface area (Å²) in [7, 11) is -0.926. The summed E-state index contributed by atoms with van der Waals surface area (Å²) in [5.74, 6) is 3.23. The highest BCUT2D eigenvalue weighted by molar-refractivity contribution is 7.85. The molecule has 5 nitrogen and oxygen atoms in total. The van der Waals surface area contributed by atoms with Crippen molar-refractivity contribution < 1.29 is 8.73 Å². The van der Waals surface area contributed by atoms with Crippen molar-refractivity contribution in [2.45, 2.75) is 42.4 Å². The minimum absolute atomic E-state index is 0.347. The van der Waals surface area contributed by atoms with Gasteiger partial charge in [-0.25, -0.2) is 0 Å². The topological polar surface area (TPSA) is 59.2 Å². The minimum Gasteiger partial charge on any atom is -0.339 e. The molecular formula is C18H23N3O2S. The van der Waals surface area contributed by atoms with Gasteiger partial charge >= 0.3 is 0 Å². The summed E-state index contributed by atoms with van der Waals surface area (Å²) in [5.41, 5.74) is 0.